The topological polar surface area (TPSA) is 55.1 Å². The van der Waals surface area contributed by atoms with Crippen LogP contribution in [0.5, 0.6) is 0 Å². The molecule has 0 rings (SSSR count). The number of hydrogen-bond acceptors (Lipinski definition) is 1. The Balaban J connectivity index is 2.82. The van der Waals surface area contributed by atoms with E-state index in [1.54, 1.807) is 0 Å². The van der Waals surface area contributed by atoms with E-state index in [9.17, 15) is 4.21 Å². The van der Waals surface area contributed by atoms with Gasteiger partial charge in [-0.3, -0.25) is 0 Å². The summed E-state index contributed by atoms with van der Waals surface area (Å²) in [5, 5.41) is 4.78. The maximum Gasteiger partial charge on any atom is 0.164 e. The van der Waals surface area contributed by atoms with Crippen LogP contribution in [-0.4, -0.2) is 16.6 Å². The lowest BCUT2D eigenvalue weighted by Gasteiger charge is -1.91. The first-order valence-corrected chi connectivity index (χ1v) is 3.47. The Morgan fingerprint density at radius 1 is 1.86 bits per heavy atom. The Morgan fingerprint density at radius 2 is 2.43 bits per heavy atom. The molecule has 0 aromatic carbocycles. The van der Waals surface area contributed by atoms with E-state index in [4.69, 9.17) is 16.7 Å². The molecule has 0 aromatic rings. The zero-order chi connectivity index (χ0) is 5.70. The van der Waals surface area contributed by atoms with Gasteiger partial charge in [-0.15, -0.1) is 11.6 Å². The Bertz CT molecular complexity index is 68.7. The third kappa shape index (κ3) is 6.36. The van der Waals surface area contributed by atoms with E-state index >= 15 is 0 Å². The minimum atomic E-state index is -1.40. The van der Waals surface area contributed by atoms with Gasteiger partial charge in [0.1, 0.15) is 0 Å². The van der Waals surface area contributed by atoms with Crippen LogP contribution >= 0.6 is 11.6 Å². The summed E-state index contributed by atoms with van der Waals surface area (Å²) in [6, 6.07) is 0. The molecule has 0 fully saturated rings. The normalized spacial score (nSPS) is 14.0. The molecule has 0 saturated heterocycles. The van der Waals surface area contributed by atoms with Crippen LogP contribution in [0.2, 0.25) is 0 Å². The van der Waals surface area contributed by atoms with Crippen molar-refractivity contribution in [1.82, 2.24) is 4.72 Å². The van der Waals surface area contributed by atoms with Crippen LogP contribution in [0.3, 0.4) is 0 Å². The standard InChI is InChI=1S/C2H7ClN2OS/c3-1-2-5-7(4)6/h5H,1-2,4H2. The first-order chi connectivity index (χ1) is 3.27. The molecule has 3 N–H and O–H groups in total. The van der Waals surface area contributed by atoms with Crippen molar-refractivity contribution in [2.24, 2.45) is 5.14 Å². The predicted octanol–water partition coefficient (Wildman–Crippen LogP) is -0.648. The van der Waals surface area contributed by atoms with Gasteiger partial charge < -0.3 is 0 Å². The lowest BCUT2D eigenvalue weighted by molar-refractivity contribution is 0.675. The van der Waals surface area contributed by atoms with Gasteiger partial charge in [-0.2, -0.15) is 0 Å². The third-order valence-electron chi connectivity index (χ3n) is 0.339. The third-order valence-corrected chi connectivity index (χ3v) is 1.02. The monoisotopic (exact) mass is 142 g/mol. The maximum atomic E-state index is 9.92. The zero-order valence-corrected chi connectivity index (χ0v) is 5.26. The Labute approximate surface area is 49.9 Å². The summed E-state index contributed by atoms with van der Waals surface area (Å²) in [7, 11) is 0. The molecule has 0 aromatic heterocycles. The first kappa shape index (κ1) is 7.36. The number of halogens is 1. The van der Waals surface area contributed by atoms with Gasteiger partial charge in [0.15, 0.2) is 11.2 Å². The Morgan fingerprint density at radius 3 is 2.57 bits per heavy atom. The molecule has 0 radical (unpaired) electrons. The highest BCUT2D eigenvalue weighted by atomic mass is 35.5. The quantitative estimate of drug-likeness (QED) is 0.506. The summed E-state index contributed by atoms with van der Waals surface area (Å²) in [5.74, 6) is 0.433. The van der Waals surface area contributed by atoms with Crippen LogP contribution < -0.4 is 9.86 Å². The van der Waals surface area contributed by atoms with Crippen LogP contribution in [0.1, 0.15) is 0 Å². The molecule has 0 aliphatic carbocycles. The second kappa shape index (κ2) is 4.52. The summed E-state index contributed by atoms with van der Waals surface area (Å²) in [4.78, 5) is 0. The van der Waals surface area contributed by atoms with Crippen LogP contribution in [0.4, 0.5) is 0 Å². The van der Waals surface area contributed by atoms with Crippen molar-refractivity contribution in [1.29, 1.82) is 0 Å². The minimum Gasteiger partial charge on any atom is -0.239 e. The van der Waals surface area contributed by atoms with Crippen LogP contribution in [0, 0.1) is 0 Å². The van der Waals surface area contributed by atoms with E-state index in [1.807, 2.05) is 0 Å². The summed E-state index contributed by atoms with van der Waals surface area (Å²) < 4.78 is 12.3. The van der Waals surface area contributed by atoms with Crippen molar-refractivity contribution >= 4 is 22.8 Å². The first-order valence-electron chi connectivity index (χ1n) is 1.73. The average molecular weight is 143 g/mol. The fourth-order valence-corrected chi connectivity index (χ4v) is 0.649. The summed E-state index contributed by atoms with van der Waals surface area (Å²) in [6.07, 6.45) is 0. The van der Waals surface area contributed by atoms with Gasteiger partial charge in [0.2, 0.25) is 0 Å². The van der Waals surface area contributed by atoms with Crippen LogP contribution in [0.25, 0.3) is 0 Å². The zero-order valence-electron chi connectivity index (χ0n) is 3.69. The van der Waals surface area contributed by atoms with E-state index in [0.29, 0.717) is 12.4 Å². The molecule has 0 saturated carbocycles. The number of hydrogen-bond donors (Lipinski definition) is 2. The molecule has 3 nitrogen and oxygen atoms in total. The van der Waals surface area contributed by atoms with Crippen molar-refractivity contribution in [3.63, 3.8) is 0 Å². The Hall–Kier alpha value is 0.360. The van der Waals surface area contributed by atoms with E-state index < -0.39 is 11.2 Å². The second-order valence-electron chi connectivity index (χ2n) is 0.881. The van der Waals surface area contributed by atoms with Crippen molar-refractivity contribution < 1.29 is 4.21 Å². The molecule has 1 unspecified atom stereocenters. The summed E-state index contributed by atoms with van der Waals surface area (Å²) >= 11 is 3.79. The molecule has 1 atom stereocenters. The van der Waals surface area contributed by atoms with Gasteiger partial charge in [-0.25, -0.2) is 14.1 Å². The van der Waals surface area contributed by atoms with Gasteiger partial charge in [0, 0.05) is 12.4 Å². The number of rotatable bonds is 3. The molecule has 5 heteroatoms. The predicted molar refractivity (Wildman–Crippen MR) is 31.1 cm³/mol. The minimum absolute atomic E-state index is 0.433. The largest absolute Gasteiger partial charge is 0.239 e. The second-order valence-corrected chi connectivity index (χ2v) is 2.14. The molecule has 0 aliphatic rings. The smallest absolute Gasteiger partial charge is 0.164 e. The molecule has 44 valence electrons. The van der Waals surface area contributed by atoms with Crippen molar-refractivity contribution in [3.05, 3.63) is 0 Å². The van der Waals surface area contributed by atoms with Gasteiger partial charge in [-0.1, -0.05) is 0 Å². The molecule has 0 spiro atoms. The lowest BCUT2D eigenvalue weighted by Crippen LogP contribution is -2.25. The van der Waals surface area contributed by atoms with Gasteiger partial charge >= 0.3 is 0 Å². The fraction of sp³-hybridized carbons (Fsp3) is 1.00. The van der Waals surface area contributed by atoms with Crippen molar-refractivity contribution in [2.45, 2.75) is 0 Å². The Kier molecular flexibility index (Phi) is 4.75. The summed E-state index contributed by atoms with van der Waals surface area (Å²) in [6.45, 7) is 0.491. The number of alkyl halides is 1. The highest BCUT2D eigenvalue weighted by Crippen LogP contribution is 1.67. The van der Waals surface area contributed by atoms with Crippen LogP contribution in [-0.2, 0) is 11.2 Å². The van der Waals surface area contributed by atoms with E-state index in [-0.39, 0.29) is 0 Å². The van der Waals surface area contributed by atoms with Crippen molar-refractivity contribution in [2.75, 3.05) is 12.4 Å². The summed E-state index contributed by atoms with van der Waals surface area (Å²) in [5.41, 5.74) is 0. The van der Waals surface area contributed by atoms with Gasteiger partial charge in [0.25, 0.3) is 0 Å². The molecule has 0 bridgehead atoms. The molecule has 0 amide bonds. The number of nitrogens with one attached hydrogen (secondary N) is 1. The van der Waals surface area contributed by atoms with Gasteiger partial charge in [0.05, 0.1) is 0 Å². The van der Waals surface area contributed by atoms with E-state index in [2.05, 4.69) is 4.72 Å². The van der Waals surface area contributed by atoms with E-state index in [1.165, 1.54) is 0 Å². The molecule has 7 heavy (non-hydrogen) atoms. The average Bonchev–Trinajstić information content (AvgIpc) is 1.61. The molecule has 0 heterocycles. The van der Waals surface area contributed by atoms with Gasteiger partial charge in [-0.05, 0) is 0 Å². The molecular formula is C2H7ClN2OS. The highest BCUT2D eigenvalue weighted by molar-refractivity contribution is 7.80. The van der Waals surface area contributed by atoms with Crippen LogP contribution in [0.15, 0.2) is 0 Å². The molecule has 0 aliphatic heterocycles. The lowest BCUT2D eigenvalue weighted by atomic mass is 10.8. The van der Waals surface area contributed by atoms with E-state index in [0.717, 1.165) is 0 Å². The van der Waals surface area contributed by atoms with Crippen molar-refractivity contribution in [3.8, 4) is 0 Å². The highest BCUT2D eigenvalue weighted by Gasteiger charge is 1.83. The SMILES string of the molecule is NS(=O)NCCCl. The molecular weight excluding hydrogens is 136 g/mol. The maximum absolute atomic E-state index is 9.92. The fourth-order valence-electron chi connectivity index (χ4n) is 0.139. The number of nitrogens with two attached hydrogens (primary N) is 1.